The summed E-state index contributed by atoms with van der Waals surface area (Å²) < 4.78 is 0.750. The van der Waals surface area contributed by atoms with E-state index < -0.39 is 5.91 Å². The number of nitriles is 1. The van der Waals surface area contributed by atoms with Gasteiger partial charge >= 0.3 is 0 Å². The minimum absolute atomic E-state index is 0.0890. The highest BCUT2D eigenvalue weighted by Crippen LogP contribution is 2.21. The average Bonchev–Trinajstić information content (AvgIpc) is 2.83. The quantitative estimate of drug-likeness (QED) is 0.861. The number of nitrogens with one attached hydrogen (secondary N) is 2. The van der Waals surface area contributed by atoms with Crippen molar-refractivity contribution in [3.63, 3.8) is 0 Å². The Morgan fingerprint density at radius 1 is 1.53 bits per heavy atom. The molecule has 2 N–H and O–H groups in total. The van der Waals surface area contributed by atoms with Crippen molar-refractivity contribution in [2.45, 2.75) is 0 Å². The first-order valence-electron chi connectivity index (χ1n) is 4.45. The molecule has 0 aliphatic heterocycles. The van der Waals surface area contributed by atoms with Gasteiger partial charge in [0.2, 0.25) is 0 Å². The Balaban J connectivity index is 2.27. The summed E-state index contributed by atoms with van der Waals surface area (Å²) in [6.45, 7) is 0. The second kappa shape index (κ2) is 4.71. The van der Waals surface area contributed by atoms with Crippen LogP contribution in [-0.2, 0) is 0 Å². The number of benzene rings is 1. The number of carbonyl (C=O) groups is 1. The number of nitrogens with zero attached hydrogens (tertiary/aromatic N) is 4. The molecule has 0 fully saturated rings. The number of carbonyl (C=O) groups excluding carboxylic acids is 1. The first-order chi connectivity index (χ1) is 8.20. The number of H-pyrrole nitrogens is 1. The van der Waals surface area contributed by atoms with Crippen LogP contribution in [0.1, 0.15) is 16.2 Å². The second-order valence-corrected chi connectivity index (χ2v) is 3.91. The normalized spacial score (nSPS) is 9.65. The second-order valence-electron chi connectivity index (χ2n) is 2.99. The van der Waals surface area contributed by atoms with Crippen LogP contribution in [0.25, 0.3) is 0 Å². The van der Waals surface area contributed by atoms with Crippen molar-refractivity contribution in [1.82, 2.24) is 20.6 Å². The van der Waals surface area contributed by atoms with Gasteiger partial charge in [0.15, 0.2) is 0 Å². The summed E-state index contributed by atoms with van der Waals surface area (Å²) >= 11 is 3.25. The molecule has 0 aliphatic rings. The van der Waals surface area contributed by atoms with Crippen molar-refractivity contribution in [2.24, 2.45) is 0 Å². The topological polar surface area (TPSA) is 107 Å². The number of rotatable bonds is 2. The van der Waals surface area contributed by atoms with Gasteiger partial charge in [-0.15, -0.1) is 10.2 Å². The van der Waals surface area contributed by atoms with Crippen LogP contribution in [0.2, 0.25) is 0 Å². The van der Waals surface area contributed by atoms with E-state index in [9.17, 15) is 4.79 Å². The zero-order valence-corrected chi connectivity index (χ0v) is 9.89. The Morgan fingerprint density at radius 3 is 3.00 bits per heavy atom. The van der Waals surface area contributed by atoms with Gasteiger partial charge in [0.1, 0.15) is 6.07 Å². The van der Waals surface area contributed by atoms with Crippen LogP contribution < -0.4 is 5.32 Å². The van der Waals surface area contributed by atoms with Gasteiger partial charge in [0, 0.05) is 4.47 Å². The number of amides is 1. The predicted molar refractivity (Wildman–Crippen MR) is 61.0 cm³/mol. The molecule has 1 aromatic carbocycles. The van der Waals surface area contributed by atoms with Crippen molar-refractivity contribution >= 4 is 27.5 Å². The fourth-order valence-electron chi connectivity index (χ4n) is 1.15. The van der Waals surface area contributed by atoms with Crippen molar-refractivity contribution in [1.29, 1.82) is 5.26 Å². The standard InChI is InChI=1S/C9H5BrN6O/c10-6-2-1-5(4-11)7(3-6)12-9(17)8-13-15-16-14-8/h1-3H,(H,12,17)(H,13,14,15,16). The van der Waals surface area contributed by atoms with Crippen molar-refractivity contribution in [3.8, 4) is 6.07 Å². The first-order valence-corrected chi connectivity index (χ1v) is 5.24. The zero-order valence-electron chi connectivity index (χ0n) is 8.31. The number of halogens is 1. The molecule has 0 bridgehead atoms. The molecule has 1 aromatic heterocycles. The fraction of sp³-hybridized carbons (Fsp3) is 0. The van der Waals surface area contributed by atoms with E-state index in [0.717, 1.165) is 4.47 Å². The maximum atomic E-state index is 11.6. The van der Waals surface area contributed by atoms with Gasteiger partial charge in [-0.1, -0.05) is 15.9 Å². The minimum atomic E-state index is -0.534. The van der Waals surface area contributed by atoms with Crippen molar-refractivity contribution in [2.75, 3.05) is 5.32 Å². The highest BCUT2D eigenvalue weighted by atomic mass is 79.9. The number of aromatic nitrogens is 4. The number of anilines is 1. The lowest BCUT2D eigenvalue weighted by Gasteiger charge is -2.04. The summed E-state index contributed by atoms with van der Waals surface area (Å²) in [5, 5.41) is 23.9. The molecule has 0 spiro atoms. The van der Waals surface area contributed by atoms with Gasteiger partial charge in [0.25, 0.3) is 11.7 Å². The van der Waals surface area contributed by atoms with E-state index in [1.807, 2.05) is 6.07 Å². The van der Waals surface area contributed by atoms with Gasteiger partial charge in [-0.25, -0.2) is 0 Å². The SMILES string of the molecule is N#Cc1ccc(Br)cc1NC(=O)c1nn[nH]n1. The molecule has 0 saturated heterocycles. The molecular formula is C9H5BrN6O. The Bertz CT molecular complexity index is 588. The molecule has 1 heterocycles. The Labute approximate surface area is 104 Å². The summed E-state index contributed by atoms with van der Waals surface area (Å²) in [6.07, 6.45) is 0. The van der Waals surface area contributed by atoms with E-state index >= 15 is 0 Å². The lowest BCUT2D eigenvalue weighted by atomic mass is 10.2. The average molecular weight is 293 g/mol. The maximum absolute atomic E-state index is 11.6. The molecule has 17 heavy (non-hydrogen) atoms. The van der Waals surface area contributed by atoms with Crippen molar-refractivity contribution < 1.29 is 4.79 Å². The lowest BCUT2D eigenvalue weighted by molar-refractivity contribution is 0.101. The molecule has 8 heteroatoms. The summed E-state index contributed by atoms with van der Waals surface area (Å²) in [6, 6.07) is 6.90. The first kappa shape index (κ1) is 11.2. The van der Waals surface area contributed by atoms with Gasteiger partial charge in [-0.2, -0.15) is 10.5 Å². The lowest BCUT2D eigenvalue weighted by Crippen LogP contribution is -2.14. The summed E-state index contributed by atoms with van der Waals surface area (Å²) in [5.41, 5.74) is 0.738. The summed E-state index contributed by atoms with van der Waals surface area (Å²) in [4.78, 5) is 11.6. The predicted octanol–water partition coefficient (Wildman–Crippen LogP) is 1.09. The third-order valence-corrected chi connectivity index (χ3v) is 2.39. The van der Waals surface area contributed by atoms with Crippen LogP contribution in [0.3, 0.4) is 0 Å². The van der Waals surface area contributed by atoms with E-state index in [1.54, 1.807) is 18.2 Å². The van der Waals surface area contributed by atoms with E-state index in [4.69, 9.17) is 5.26 Å². The van der Waals surface area contributed by atoms with Crippen molar-refractivity contribution in [3.05, 3.63) is 34.1 Å². The minimum Gasteiger partial charge on any atom is -0.318 e. The summed E-state index contributed by atoms with van der Waals surface area (Å²) in [7, 11) is 0. The zero-order chi connectivity index (χ0) is 12.3. The molecule has 84 valence electrons. The van der Waals surface area contributed by atoms with Gasteiger partial charge in [-0.05, 0) is 23.4 Å². The number of aromatic amines is 1. The highest BCUT2D eigenvalue weighted by Gasteiger charge is 2.13. The van der Waals surface area contributed by atoms with E-state index in [0.29, 0.717) is 11.3 Å². The molecule has 2 aromatic rings. The molecule has 0 atom stereocenters. The van der Waals surface area contributed by atoms with E-state index in [-0.39, 0.29) is 5.82 Å². The molecule has 2 rings (SSSR count). The number of hydrogen-bond donors (Lipinski definition) is 2. The number of hydrogen-bond acceptors (Lipinski definition) is 5. The molecule has 0 unspecified atom stereocenters. The largest absolute Gasteiger partial charge is 0.318 e. The smallest absolute Gasteiger partial charge is 0.297 e. The fourth-order valence-corrected chi connectivity index (χ4v) is 1.51. The third-order valence-electron chi connectivity index (χ3n) is 1.90. The molecule has 7 nitrogen and oxygen atoms in total. The maximum Gasteiger partial charge on any atom is 0.297 e. The van der Waals surface area contributed by atoms with Crippen LogP contribution in [-0.4, -0.2) is 26.5 Å². The molecule has 0 radical (unpaired) electrons. The monoisotopic (exact) mass is 292 g/mol. The van der Waals surface area contributed by atoms with Gasteiger partial charge in [0.05, 0.1) is 11.3 Å². The van der Waals surface area contributed by atoms with Crippen LogP contribution >= 0.6 is 15.9 Å². The van der Waals surface area contributed by atoms with Crippen LogP contribution in [0.5, 0.6) is 0 Å². The van der Waals surface area contributed by atoms with Gasteiger partial charge in [-0.3, -0.25) is 4.79 Å². The highest BCUT2D eigenvalue weighted by molar-refractivity contribution is 9.10. The van der Waals surface area contributed by atoms with Crippen LogP contribution in [0.4, 0.5) is 5.69 Å². The molecule has 0 aliphatic carbocycles. The third kappa shape index (κ3) is 2.46. The number of tetrazole rings is 1. The van der Waals surface area contributed by atoms with Gasteiger partial charge < -0.3 is 5.32 Å². The van der Waals surface area contributed by atoms with Crippen LogP contribution in [0.15, 0.2) is 22.7 Å². The Morgan fingerprint density at radius 2 is 2.35 bits per heavy atom. The molecule has 0 saturated carbocycles. The Kier molecular flexibility index (Phi) is 3.11. The van der Waals surface area contributed by atoms with E-state index in [2.05, 4.69) is 41.9 Å². The molecular weight excluding hydrogens is 288 g/mol. The van der Waals surface area contributed by atoms with E-state index in [1.165, 1.54) is 0 Å². The Hall–Kier alpha value is -2.27. The van der Waals surface area contributed by atoms with Crippen LogP contribution in [0, 0.1) is 11.3 Å². The summed E-state index contributed by atoms with van der Waals surface area (Å²) in [5.74, 6) is -0.623. The molecule has 1 amide bonds.